The number of anilines is 1. The molecule has 0 aliphatic carbocycles. The monoisotopic (exact) mass is 319 g/mol. The van der Waals surface area contributed by atoms with E-state index >= 15 is 0 Å². The highest BCUT2D eigenvalue weighted by Crippen LogP contribution is 2.30. The summed E-state index contributed by atoms with van der Waals surface area (Å²) in [5.41, 5.74) is 0.373. The van der Waals surface area contributed by atoms with Crippen LogP contribution in [0.2, 0.25) is 0 Å². The number of carbonyl (C=O) groups is 1. The Morgan fingerprint density at radius 1 is 1.40 bits per heavy atom. The van der Waals surface area contributed by atoms with Gasteiger partial charge in [-0.1, -0.05) is 13.8 Å². The van der Waals surface area contributed by atoms with Crippen molar-refractivity contribution < 1.29 is 17.9 Å². The highest BCUT2D eigenvalue weighted by Gasteiger charge is 2.18. The van der Waals surface area contributed by atoms with Gasteiger partial charge in [-0.2, -0.15) is 0 Å². The first-order chi connectivity index (χ1) is 9.24. The zero-order chi connectivity index (χ0) is 15.3. The smallest absolute Gasteiger partial charge is 0.265 e. The van der Waals surface area contributed by atoms with Crippen LogP contribution in [-0.2, 0) is 13.8 Å². The Hall–Kier alpha value is -1.27. The summed E-state index contributed by atoms with van der Waals surface area (Å²) in [7, 11) is 1.43. The number of halogens is 1. The van der Waals surface area contributed by atoms with E-state index in [-0.39, 0.29) is 22.5 Å². The summed E-state index contributed by atoms with van der Waals surface area (Å²) in [4.78, 5) is 11.5. The van der Waals surface area contributed by atoms with Crippen LogP contribution >= 0.6 is 10.7 Å². The average molecular weight is 320 g/mol. The van der Waals surface area contributed by atoms with Crippen LogP contribution in [0.1, 0.15) is 27.2 Å². The van der Waals surface area contributed by atoms with Crippen LogP contribution in [0.5, 0.6) is 5.75 Å². The third kappa shape index (κ3) is 5.02. The van der Waals surface area contributed by atoms with E-state index in [0.717, 1.165) is 0 Å². The largest absolute Gasteiger partial charge is 0.492 e. The van der Waals surface area contributed by atoms with E-state index in [1.165, 1.54) is 12.1 Å². The van der Waals surface area contributed by atoms with Crippen molar-refractivity contribution in [3.63, 3.8) is 0 Å². The molecule has 1 amide bonds. The number of benzene rings is 1. The lowest BCUT2D eigenvalue weighted by Crippen LogP contribution is -2.14. The van der Waals surface area contributed by atoms with Crippen LogP contribution in [0.3, 0.4) is 0 Å². The molecule has 7 heteroatoms. The number of rotatable bonds is 6. The Bertz CT molecular complexity index is 584. The summed E-state index contributed by atoms with van der Waals surface area (Å²) in [6.07, 6.45) is 0.357. The summed E-state index contributed by atoms with van der Waals surface area (Å²) in [6.45, 7) is 5.90. The molecule has 0 bridgehead atoms. The van der Waals surface area contributed by atoms with E-state index < -0.39 is 9.05 Å². The van der Waals surface area contributed by atoms with Crippen LogP contribution in [0, 0.1) is 5.92 Å². The van der Waals surface area contributed by atoms with Gasteiger partial charge >= 0.3 is 0 Å². The second-order valence-electron chi connectivity index (χ2n) is 4.68. The highest BCUT2D eigenvalue weighted by molar-refractivity contribution is 8.13. The van der Waals surface area contributed by atoms with E-state index in [2.05, 4.69) is 5.32 Å². The Kier molecular flexibility index (Phi) is 5.83. The Morgan fingerprint density at radius 3 is 2.55 bits per heavy atom. The molecule has 20 heavy (non-hydrogen) atoms. The molecule has 0 aromatic heterocycles. The minimum absolute atomic E-state index is 0.150. The van der Waals surface area contributed by atoms with Gasteiger partial charge in [0.05, 0.1) is 6.61 Å². The number of ether oxygens (including phenoxy) is 1. The highest BCUT2D eigenvalue weighted by atomic mass is 35.7. The normalized spacial score (nSPS) is 11.4. The second kappa shape index (κ2) is 6.95. The van der Waals surface area contributed by atoms with Gasteiger partial charge in [-0.3, -0.25) is 4.79 Å². The molecule has 0 heterocycles. The van der Waals surface area contributed by atoms with Crippen molar-refractivity contribution in [1.82, 2.24) is 0 Å². The van der Waals surface area contributed by atoms with E-state index in [1.807, 2.05) is 13.8 Å². The molecule has 5 nitrogen and oxygen atoms in total. The predicted octanol–water partition coefficient (Wildman–Crippen LogP) is 3.00. The average Bonchev–Trinajstić information content (AvgIpc) is 2.28. The van der Waals surface area contributed by atoms with Crippen LogP contribution in [-0.4, -0.2) is 20.9 Å². The maximum atomic E-state index is 11.7. The fourth-order valence-electron chi connectivity index (χ4n) is 1.63. The summed E-state index contributed by atoms with van der Waals surface area (Å²) in [5.74, 6) is 0.209. The van der Waals surface area contributed by atoms with Crippen LogP contribution < -0.4 is 10.1 Å². The van der Waals surface area contributed by atoms with E-state index in [1.54, 1.807) is 13.0 Å². The lowest BCUT2D eigenvalue weighted by Gasteiger charge is -2.11. The number of hydrogen-bond acceptors (Lipinski definition) is 4. The summed E-state index contributed by atoms with van der Waals surface area (Å²) in [6, 6.07) is 4.35. The first-order valence-electron chi connectivity index (χ1n) is 6.25. The molecule has 112 valence electrons. The number of carbonyl (C=O) groups excluding carboxylic acids is 1. The van der Waals surface area contributed by atoms with E-state index in [9.17, 15) is 13.2 Å². The van der Waals surface area contributed by atoms with Crippen molar-refractivity contribution in [1.29, 1.82) is 0 Å². The molecule has 0 spiro atoms. The summed E-state index contributed by atoms with van der Waals surface area (Å²) < 4.78 is 28.2. The quantitative estimate of drug-likeness (QED) is 0.818. The number of amides is 1. The molecule has 1 aromatic rings. The maximum absolute atomic E-state index is 11.7. The molecule has 0 fully saturated rings. The summed E-state index contributed by atoms with van der Waals surface area (Å²) >= 11 is 0. The van der Waals surface area contributed by atoms with E-state index in [4.69, 9.17) is 15.4 Å². The van der Waals surface area contributed by atoms with Gasteiger partial charge in [0, 0.05) is 22.8 Å². The number of hydrogen-bond donors (Lipinski definition) is 1. The van der Waals surface area contributed by atoms with Gasteiger partial charge in [0.25, 0.3) is 9.05 Å². The standard InChI is InChI=1S/C13H18ClNO4S/c1-4-19-11-6-5-10(8-12(11)20(14,17)18)15-13(16)7-9(2)3/h5-6,8-9H,4,7H2,1-3H3,(H,15,16). The van der Waals surface area contributed by atoms with Gasteiger partial charge in [-0.25, -0.2) is 8.42 Å². The van der Waals surface area contributed by atoms with Crippen molar-refractivity contribution in [3.8, 4) is 5.75 Å². The summed E-state index contributed by atoms with van der Waals surface area (Å²) in [5, 5.41) is 2.64. The first kappa shape index (κ1) is 16.8. The molecule has 1 rings (SSSR count). The fraction of sp³-hybridized carbons (Fsp3) is 0.462. The molecule has 0 aliphatic rings. The maximum Gasteiger partial charge on any atom is 0.265 e. The topological polar surface area (TPSA) is 72.5 Å². The van der Waals surface area contributed by atoms with Crippen molar-refractivity contribution in [2.24, 2.45) is 5.92 Å². The molecule has 0 unspecified atom stereocenters. The van der Waals surface area contributed by atoms with Crippen molar-refractivity contribution in [3.05, 3.63) is 18.2 Å². The third-order valence-electron chi connectivity index (χ3n) is 2.38. The van der Waals surface area contributed by atoms with Gasteiger partial charge in [0.15, 0.2) is 0 Å². The number of nitrogens with one attached hydrogen (secondary N) is 1. The van der Waals surface area contributed by atoms with Crippen molar-refractivity contribution in [2.45, 2.75) is 32.1 Å². The zero-order valence-corrected chi connectivity index (χ0v) is 13.2. The molecule has 1 aromatic carbocycles. The lowest BCUT2D eigenvalue weighted by molar-refractivity contribution is -0.116. The zero-order valence-electron chi connectivity index (χ0n) is 11.6. The molecule has 0 saturated carbocycles. The molecular weight excluding hydrogens is 302 g/mol. The Balaban J connectivity index is 3.04. The van der Waals surface area contributed by atoms with Gasteiger partial charge in [0.2, 0.25) is 5.91 Å². The van der Waals surface area contributed by atoms with Crippen LogP contribution in [0.25, 0.3) is 0 Å². The Labute approximate surface area is 123 Å². The minimum atomic E-state index is -3.94. The second-order valence-corrected chi connectivity index (χ2v) is 7.21. The molecular formula is C13H18ClNO4S. The first-order valence-corrected chi connectivity index (χ1v) is 8.56. The van der Waals surface area contributed by atoms with Crippen molar-refractivity contribution in [2.75, 3.05) is 11.9 Å². The lowest BCUT2D eigenvalue weighted by atomic mass is 10.1. The van der Waals surface area contributed by atoms with Gasteiger partial charge in [-0.05, 0) is 31.0 Å². The third-order valence-corrected chi connectivity index (χ3v) is 3.73. The Morgan fingerprint density at radius 2 is 2.05 bits per heavy atom. The van der Waals surface area contributed by atoms with Gasteiger partial charge in [0.1, 0.15) is 10.6 Å². The van der Waals surface area contributed by atoms with Crippen LogP contribution in [0.15, 0.2) is 23.1 Å². The fourth-order valence-corrected chi connectivity index (χ4v) is 2.63. The van der Waals surface area contributed by atoms with Crippen molar-refractivity contribution >= 4 is 31.3 Å². The molecule has 0 saturated heterocycles. The molecule has 0 radical (unpaired) electrons. The minimum Gasteiger partial charge on any atom is -0.492 e. The predicted molar refractivity (Wildman–Crippen MR) is 78.7 cm³/mol. The van der Waals surface area contributed by atoms with Gasteiger partial charge < -0.3 is 10.1 Å². The van der Waals surface area contributed by atoms with E-state index in [0.29, 0.717) is 18.7 Å². The van der Waals surface area contributed by atoms with Gasteiger partial charge in [-0.15, -0.1) is 0 Å². The molecule has 1 N–H and O–H groups in total. The van der Waals surface area contributed by atoms with Crippen LogP contribution in [0.4, 0.5) is 5.69 Å². The molecule has 0 aliphatic heterocycles. The SMILES string of the molecule is CCOc1ccc(NC(=O)CC(C)C)cc1S(=O)(=O)Cl. The molecule has 0 atom stereocenters.